The molecule has 5 nitrogen and oxygen atoms in total. The summed E-state index contributed by atoms with van der Waals surface area (Å²) in [6.45, 7) is 9.48. The van der Waals surface area contributed by atoms with Crippen LogP contribution < -0.4 is 0 Å². The molecule has 1 aliphatic rings. The second kappa shape index (κ2) is 5.63. The van der Waals surface area contributed by atoms with Gasteiger partial charge >= 0.3 is 0 Å². The van der Waals surface area contributed by atoms with E-state index >= 15 is 0 Å². The smallest absolute Gasteiger partial charge is 0.244 e. The van der Waals surface area contributed by atoms with Gasteiger partial charge in [-0.25, -0.2) is 0 Å². The Bertz CT molecular complexity index is 476. The van der Waals surface area contributed by atoms with Gasteiger partial charge in [0.15, 0.2) is 0 Å². The van der Waals surface area contributed by atoms with Crippen molar-refractivity contribution in [3.63, 3.8) is 0 Å². The van der Waals surface area contributed by atoms with Crippen LogP contribution in [0, 0.1) is 13.8 Å². The van der Waals surface area contributed by atoms with Crippen molar-refractivity contribution in [2.75, 3.05) is 13.1 Å². The number of carbonyl (C=O) groups excluding carboxylic acids is 1. The Morgan fingerprint density at radius 1 is 1.37 bits per heavy atom. The maximum atomic E-state index is 12.3. The molecule has 1 aromatic rings. The molecule has 1 fully saturated rings. The number of halogens is 1. The third kappa shape index (κ3) is 3.17. The number of aromatic nitrogens is 2. The zero-order chi connectivity index (χ0) is 14.2. The van der Waals surface area contributed by atoms with Crippen molar-refractivity contribution in [3.8, 4) is 0 Å². The Kier molecular flexibility index (Phi) is 4.30. The number of amides is 1. The number of morpholine rings is 1. The van der Waals surface area contributed by atoms with E-state index in [4.69, 9.17) is 4.74 Å². The molecule has 2 rings (SSSR count). The number of carbonyl (C=O) groups is 1. The summed E-state index contributed by atoms with van der Waals surface area (Å²) in [6.07, 6.45) is 0.194. The summed E-state index contributed by atoms with van der Waals surface area (Å²) in [6, 6.07) is 0. The lowest BCUT2D eigenvalue weighted by molar-refractivity contribution is -0.144. The lowest BCUT2D eigenvalue weighted by Gasteiger charge is -2.35. The van der Waals surface area contributed by atoms with Crippen LogP contribution >= 0.6 is 15.9 Å². The van der Waals surface area contributed by atoms with Gasteiger partial charge in [0.1, 0.15) is 6.54 Å². The molecular formula is C13H20BrN3O2. The molecule has 1 amide bonds. The van der Waals surface area contributed by atoms with Crippen molar-refractivity contribution >= 4 is 21.8 Å². The fourth-order valence-corrected chi connectivity index (χ4v) is 2.72. The minimum absolute atomic E-state index is 0.0971. The first-order valence-corrected chi connectivity index (χ1v) is 7.30. The molecule has 1 aromatic heterocycles. The summed E-state index contributed by atoms with van der Waals surface area (Å²) < 4.78 is 8.37. The van der Waals surface area contributed by atoms with E-state index in [0.29, 0.717) is 13.1 Å². The zero-order valence-electron chi connectivity index (χ0n) is 11.8. The van der Waals surface area contributed by atoms with Crippen molar-refractivity contribution in [3.05, 3.63) is 15.9 Å². The molecule has 0 saturated carbocycles. The van der Waals surface area contributed by atoms with Crippen molar-refractivity contribution < 1.29 is 9.53 Å². The predicted molar refractivity (Wildman–Crippen MR) is 76.0 cm³/mol. The number of nitrogens with zero attached hydrogens (tertiary/aromatic N) is 3. The second-order valence-corrected chi connectivity index (χ2v) is 5.99. The van der Waals surface area contributed by atoms with Gasteiger partial charge in [-0.2, -0.15) is 5.10 Å². The first-order valence-electron chi connectivity index (χ1n) is 6.51. The highest BCUT2D eigenvalue weighted by molar-refractivity contribution is 9.10. The van der Waals surface area contributed by atoms with E-state index in [-0.39, 0.29) is 24.7 Å². The topological polar surface area (TPSA) is 47.4 Å². The number of rotatable bonds is 2. The summed E-state index contributed by atoms with van der Waals surface area (Å²) in [5, 5.41) is 4.37. The molecule has 0 bridgehead atoms. The van der Waals surface area contributed by atoms with Crippen LogP contribution in [0.5, 0.6) is 0 Å². The summed E-state index contributed by atoms with van der Waals surface area (Å²) in [7, 11) is 0. The van der Waals surface area contributed by atoms with Crippen LogP contribution in [0.2, 0.25) is 0 Å². The zero-order valence-corrected chi connectivity index (χ0v) is 13.4. The Morgan fingerprint density at radius 2 is 1.95 bits per heavy atom. The van der Waals surface area contributed by atoms with Crippen LogP contribution in [-0.4, -0.2) is 45.9 Å². The molecule has 2 atom stereocenters. The third-order valence-electron chi connectivity index (χ3n) is 3.35. The van der Waals surface area contributed by atoms with Crippen molar-refractivity contribution in [2.45, 2.75) is 46.4 Å². The Balaban J connectivity index is 2.06. The quantitative estimate of drug-likeness (QED) is 0.832. The lowest BCUT2D eigenvalue weighted by Crippen LogP contribution is -2.49. The van der Waals surface area contributed by atoms with Gasteiger partial charge in [-0.3, -0.25) is 9.48 Å². The standard InChI is InChI=1S/C13H20BrN3O2/c1-8-5-16(6-9(2)19-8)12(18)7-17-11(4)13(14)10(3)15-17/h8-9H,5-7H2,1-4H3/t8-,9-/m0/s1. The van der Waals surface area contributed by atoms with E-state index in [2.05, 4.69) is 21.0 Å². The van der Waals surface area contributed by atoms with Gasteiger partial charge in [-0.15, -0.1) is 0 Å². The molecule has 2 heterocycles. The van der Waals surface area contributed by atoms with Crippen LogP contribution in [0.1, 0.15) is 25.2 Å². The summed E-state index contributed by atoms with van der Waals surface area (Å²) in [4.78, 5) is 14.2. The van der Waals surface area contributed by atoms with E-state index in [1.807, 2.05) is 32.6 Å². The van der Waals surface area contributed by atoms with E-state index in [9.17, 15) is 4.79 Å². The van der Waals surface area contributed by atoms with Crippen LogP contribution in [-0.2, 0) is 16.1 Å². The summed E-state index contributed by atoms with van der Waals surface area (Å²) in [5.41, 5.74) is 1.90. The fraction of sp³-hybridized carbons (Fsp3) is 0.692. The van der Waals surface area contributed by atoms with Gasteiger partial charge in [0.05, 0.1) is 28.1 Å². The minimum atomic E-state index is 0.0971. The van der Waals surface area contributed by atoms with Crippen molar-refractivity contribution in [1.82, 2.24) is 14.7 Å². The first-order chi connectivity index (χ1) is 8.88. The number of aryl methyl sites for hydroxylation is 1. The van der Waals surface area contributed by atoms with Crippen LogP contribution in [0.25, 0.3) is 0 Å². The Morgan fingerprint density at radius 3 is 2.42 bits per heavy atom. The SMILES string of the molecule is Cc1nn(CC(=O)N2C[C@H](C)O[C@@H](C)C2)c(C)c1Br. The molecule has 0 aromatic carbocycles. The van der Waals surface area contributed by atoms with Gasteiger partial charge in [0.25, 0.3) is 0 Å². The Hall–Kier alpha value is -0.880. The molecular weight excluding hydrogens is 310 g/mol. The molecule has 0 unspecified atom stereocenters. The molecule has 0 aliphatic carbocycles. The van der Waals surface area contributed by atoms with E-state index < -0.39 is 0 Å². The van der Waals surface area contributed by atoms with E-state index in [1.54, 1.807) is 4.68 Å². The maximum Gasteiger partial charge on any atom is 0.244 e. The molecule has 19 heavy (non-hydrogen) atoms. The average Bonchev–Trinajstić information content (AvgIpc) is 2.56. The minimum Gasteiger partial charge on any atom is -0.372 e. The summed E-state index contributed by atoms with van der Waals surface area (Å²) in [5.74, 6) is 0.0973. The van der Waals surface area contributed by atoms with E-state index in [0.717, 1.165) is 15.9 Å². The highest BCUT2D eigenvalue weighted by Gasteiger charge is 2.26. The van der Waals surface area contributed by atoms with Gasteiger partial charge in [0.2, 0.25) is 5.91 Å². The largest absolute Gasteiger partial charge is 0.372 e. The van der Waals surface area contributed by atoms with E-state index in [1.165, 1.54) is 0 Å². The number of hydrogen-bond donors (Lipinski definition) is 0. The molecule has 0 spiro atoms. The van der Waals surface area contributed by atoms with Crippen LogP contribution in [0.4, 0.5) is 0 Å². The number of hydrogen-bond acceptors (Lipinski definition) is 3. The molecule has 106 valence electrons. The molecule has 1 saturated heterocycles. The van der Waals surface area contributed by atoms with Crippen LogP contribution in [0.3, 0.4) is 0 Å². The summed E-state index contributed by atoms with van der Waals surface area (Å²) >= 11 is 3.48. The fourth-order valence-electron chi connectivity index (χ4n) is 2.44. The number of ether oxygens (including phenoxy) is 1. The lowest BCUT2D eigenvalue weighted by atomic mass is 10.2. The highest BCUT2D eigenvalue weighted by atomic mass is 79.9. The van der Waals surface area contributed by atoms with Gasteiger partial charge < -0.3 is 9.64 Å². The molecule has 6 heteroatoms. The average molecular weight is 330 g/mol. The normalized spacial score (nSPS) is 23.7. The van der Waals surface area contributed by atoms with Gasteiger partial charge in [0, 0.05) is 13.1 Å². The van der Waals surface area contributed by atoms with Gasteiger partial charge in [-0.05, 0) is 43.6 Å². The molecule has 0 N–H and O–H groups in total. The monoisotopic (exact) mass is 329 g/mol. The molecule has 1 aliphatic heterocycles. The second-order valence-electron chi connectivity index (χ2n) is 5.20. The van der Waals surface area contributed by atoms with Crippen molar-refractivity contribution in [1.29, 1.82) is 0 Å². The maximum absolute atomic E-state index is 12.3. The van der Waals surface area contributed by atoms with Crippen LogP contribution in [0.15, 0.2) is 4.47 Å². The Labute approximate surface area is 122 Å². The van der Waals surface area contributed by atoms with Crippen molar-refractivity contribution in [2.24, 2.45) is 0 Å². The first kappa shape index (κ1) is 14.5. The predicted octanol–water partition coefficient (Wildman–Crippen LogP) is 1.90. The van der Waals surface area contributed by atoms with Gasteiger partial charge in [-0.1, -0.05) is 0 Å². The molecule has 0 radical (unpaired) electrons. The highest BCUT2D eigenvalue weighted by Crippen LogP contribution is 2.20. The third-order valence-corrected chi connectivity index (χ3v) is 4.50.